The molecule has 1 saturated heterocycles. The fraction of sp³-hybridized carbons (Fsp3) is 0.429. The standard InChI is InChI=1S/C21H24ClN3O2/c22-17-6-3-5-16(13-17)21(9-10-21)24-20(26)25-12-4-8-19(14-25)27-15-18-7-1-2-11-23-18/h1-3,5-7,11,13,19H,4,8-10,12,14-15H2,(H,24,26)/t19-/m1/s1. The van der Waals surface area contributed by atoms with Crippen molar-refractivity contribution in [2.75, 3.05) is 13.1 Å². The number of benzene rings is 1. The van der Waals surface area contributed by atoms with Crippen LogP contribution >= 0.6 is 11.6 Å². The zero-order chi connectivity index (χ0) is 18.7. The number of aromatic nitrogens is 1. The summed E-state index contributed by atoms with van der Waals surface area (Å²) in [5.74, 6) is 0. The van der Waals surface area contributed by atoms with E-state index >= 15 is 0 Å². The fourth-order valence-corrected chi connectivity index (χ4v) is 3.82. The van der Waals surface area contributed by atoms with Gasteiger partial charge in [-0.25, -0.2) is 4.79 Å². The summed E-state index contributed by atoms with van der Waals surface area (Å²) in [4.78, 5) is 19.0. The summed E-state index contributed by atoms with van der Waals surface area (Å²) in [6, 6.07) is 13.6. The summed E-state index contributed by atoms with van der Waals surface area (Å²) in [5.41, 5.74) is 1.74. The van der Waals surface area contributed by atoms with E-state index in [1.807, 2.05) is 47.4 Å². The number of amides is 2. The van der Waals surface area contributed by atoms with E-state index in [-0.39, 0.29) is 17.7 Å². The van der Waals surface area contributed by atoms with E-state index in [0.717, 1.165) is 43.5 Å². The third kappa shape index (κ3) is 4.42. The molecule has 0 unspecified atom stereocenters. The van der Waals surface area contributed by atoms with Crippen LogP contribution in [-0.2, 0) is 16.9 Å². The second-order valence-corrected chi connectivity index (χ2v) is 7.80. The van der Waals surface area contributed by atoms with Crippen LogP contribution in [0.15, 0.2) is 48.7 Å². The van der Waals surface area contributed by atoms with Gasteiger partial charge >= 0.3 is 6.03 Å². The highest BCUT2D eigenvalue weighted by molar-refractivity contribution is 6.30. The Morgan fingerprint density at radius 2 is 2.19 bits per heavy atom. The first-order chi connectivity index (χ1) is 13.1. The third-order valence-corrected chi connectivity index (χ3v) is 5.57. The number of pyridine rings is 1. The van der Waals surface area contributed by atoms with E-state index in [1.165, 1.54) is 0 Å². The van der Waals surface area contributed by atoms with Gasteiger partial charge in [0.15, 0.2) is 0 Å². The molecule has 1 aromatic heterocycles. The maximum atomic E-state index is 12.8. The van der Waals surface area contributed by atoms with Gasteiger partial charge in [0.05, 0.1) is 23.9 Å². The Balaban J connectivity index is 1.33. The second kappa shape index (κ2) is 7.87. The normalized spacial score (nSPS) is 20.9. The Labute approximate surface area is 164 Å². The van der Waals surface area contributed by atoms with Crippen molar-refractivity contribution in [1.82, 2.24) is 15.2 Å². The molecule has 1 saturated carbocycles. The highest BCUT2D eigenvalue weighted by Crippen LogP contribution is 2.46. The summed E-state index contributed by atoms with van der Waals surface area (Å²) in [5, 5.41) is 3.94. The number of rotatable bonds is 5. The summed E-state index contributed by atoms with van der Waals surface area (Å²) in [6.07, 6.45) is 5.64. The van der Waals surface area contributed by atoms with Gasteiger partial charge in [0.1, 0.15) is 0 Å². The van der Waals surface area contributed by atoms with Crippen LogP contribution < -0.4 is 5.32 Å². The number of nitrogens with zero attached hydrogens (tertiary/aromatic N) is 2. The molecule has 0 spiro atoms. The summed E-state index contributed by atoms with van der Waals surface area (Å²) < 4.78 is 5.99. The molecule has 1 aliphatic carbocycles. The van der Waals surface area contributed by atoms with E-state index < -0.39 is 0 Å². The fourth-order valence-electron chi connectivity index (χ4n) is 3.63. The maximum absolute atomic E-state index is 12.8. The topological polar surface area (TPSA) is 54.5 Å². The Bertz CT molecular complexity index is 795. The highest BCUT2D eigenvalue weighted by atomic mass is 35.5. The van der Waals surface area contributed by atoms with Gasteiger partial charge in [0, 0.05) is 24.3 Å². The molecular weight excluding hydrogens is 362 g/mol. The van der Waals surface area contributed by atoms with Gasteiger partial charge in [-0.15, -0.1) is 0 Å². The Morgan fingerprint density at radius 1 is 1.30 bits per heavy atom. The van der Waals surface area contributed by atoms with Crippen molar-refractivity contribution in [3.05, 3.63) is 64.9 Å². The number of halogens is 1. The molecule has 1 aromatic carbocycles. The predicted octanol–water partition coefficient (Wildman–Crippen LogP) is 4.11. The number of ether oxygens (including phenoxy) is 1. The lowest BCUT2D eigenvalue weighted by atomic mass is 10.0. The lowest BCUT2D eigenvalue weighted by Crippen LogP contribution is -2.50. The van der Waals surface area contributed by atoms with Crippen molar-refractivity contribution >= 4 is 17.6 Å². The first-order valence-electron chi connectivity index (χ1n) is 9.49. The molecule has 6 heteroatoms. The van der Waals surface area contributed by atoms with Crippen LogP contribution in [0.1, 0.15) is 36.9 Å². The van der Waals surface area contributed by atoms with Crippen LogP contribution in [0, 0.1) is 0 Å². The van der Waals surface area contributed by atoms with Crippen molar-refractivity contribution in [3.8, 4) is 0 Å². The van der Waals surface area contributed by atoms with Crippen molar-refractivity contribution in [3.63, 3.8) is 0 Å². The minimum Gasteiger partial charge on any atom is -0.370 e. The van der Waals surface area contributed by atoms with Crippen molar-refractivity contribution in [2.45, 2.75) is 43.9 Å². The second-order valence-electron chi connectivity index (χ2n) is 7.36. The molecule has 4 rings (SSSR count). The van der Waals surface area contributed by atoms with Gasteiger partial charge in [-0.3, -0.25) is 4.98 Å². The molecule has 0 radical (unpaired) electrons. The smallest absolute Gasteiger partial charge is 0.318 e. The van der Waals surface area contributed by atoms with E-state index in [2.05, 4.69) is 10.3 Å². The SMILES string of the molecule is O=C(NC1(c2cccc(Cl)c2)CC1)N1CCC[C@@H](OCc2ccccn2)C1. The molecule has 2 aliphatic rings. The monoisotopic (exact) mass is 385 g/mol. The predicted molar refractivity (Wildman–Crippen MR) is 105 cm³/mol. The van der Waals surface area contributed by atoms with Crippen LogP contribution in [-0.4, -0.2) is 35.1 Å². The van der Waals surface area contributed by atoms with Crippen molar-refractivity contribution in [1.29, 1.82) is 0 Å². The zero-order valence-electron chi connectivity index (χ0n) is 15.2. The van der Waals surface area contributed by atoms with Crippen LogP contribution in [0.25, 0.3) is 0 Å². The molecule has 5 nitrogen and oxygen atoms in total. The van der Waals surface area contributed by atoms with Gasteiger partial charge in [-0.1, -0.05) is 29.8 Å². The first-order valence-corrected chi connectivity index (χ1v) is 9.87. The quantitative estimate of drug-likeness (QED) is 0.842. The van der Waals surface area contributed by atoms with Crippen LogP contribution in [0.4, 0.5) is 4.79 Å². The Kier molecular flexibility index (Phi) is 5.32. The number of carbonyl (C=O) groups is 1. The first kappa shape index (κ1) is 18.3. The highest BCUT2D eigenvalue weighted by Gasteiger charge is 2.46. The number of urea groups is 1. The lowest BCUT2D eigenvalue weighted by molar-refractivity contribution is -0.00202. The molecule has 2 aromatic rings. The molecule has 1 atom stereocenters. The minimum atomic E-state index is -0.260. The van der Waals surface area contributed by atoms with Crippen LogP contribution in [0.3, 0.4) is 0 Å². The van der Waals surface area contributed by atoms with Gasteiger partial charge in [-0.2, -0.15) is 0 Å². The molecule has 27 heavy (non-hydrogen) atoms. The lowest BCUT2D eigenvalue weighted by Gasteiger charge is -2.34. The van der Waals surface area contributed by atoms with Gasteiger partial charge in [-0.05, 0) is 55.5 Å². The van der Waals surface area contributed by atoms with Gasteiger partial charge in [0.25, 0.3) is 0 Å². The maximum Gasteiger partial charge on any atom is 0.318 e. The summed E-state index contributed by atoms with van der Waals surface area (Å²) in [7, 11) is 0. The molecule has 2 fully saturated rings. The molecule has 2 amide bonds. The molecular formula is C21H24ClN3O2. The van der Waals surface area contributed by atoms with E-state index in [0.29, 0.717) is 18.2 Å². The Hall–Kier alpha value is -2.11. The molecule has 1 N–H and O–H groups in total. The van der Waals surface area contributed by atoms with E-state index in [4.69, 9.17) is 16.3 Å². The number of hydrogen-bond donors (Lipinski definition) is 1. The third-order valence-electron chi connectivity index (χ3n) is 5.33. The average Bonchev–Trinajstić information content (AvgIpc) is 3.48. The van der Waals surface area contributed by atoms with Crippen LogP contribution in [0.5, 0.6) is 0 Å². The number of nitrogens with one attached hydrogen (secondary N) is 1. The van der Waals surface area contributed by atoms with Gasteiger partial charge in [0.2, 0.25) is 0 Å². The van der Waals surface area contributed by atoms with Gasteiger partial charge < -0.3 is 15.0 Å². The number of likely N-dealkylation sites (tertiary alicyclic amines) is 1. The zero-order valence-corrected chi connectivity index (χ0v) is 16.0. The molecule has 2 heterocycles. The molecule has 142 valence electrons. The number of piperidine rings is 1. The summed E-state index contributed by atoms with van der Waals surface area (Å²) in [6.45, 7) is 1.86. The van der Waals surface area contributed by atoms with E-state index in [1.54, 1.807) is 6.20 Å². The molecule has 1 aliphatic heterocycles. The van der Waals surface area contributed by atoms with Crippen LogP contribution in [0.2, 0.25) is 5.02 Å². The molecule has 0 bridgehead atoms. The number of carbonyl (C=O) groups excluding carboxylic acids is 1. The largest absolute Gasteiger partial charge is 0.370 e. The average molecular weight is 386 g/mol. The Morgan fingerprint density at radius 3 is 2.93 bits per heavy atom. The minimum absolute atomic E-state index is 0.0152. The summed E-state index contributed by atoms with van der Waals surface area (Å²) >= 11 is 6.12. The van der Waals surface area contributed by atoms with E-state index in [9.17, 15) is 4.79 Å². The van der Waals surface area contributed by atoms with Crippen molar-refractivity contribution in [2.24, 2.45) is 0 Å². The number of hydrogen-bond acceptors (Lipinski definition) is 3. The van der Waals surface area contributed by atoms with Crippen molar-refractivity contribution < 1.29 is 9.53 Å².